The van der Waals surface area contributed by atoms with Gasteiger partial charge in [-0.05, 0) is 24.6 Å². The molecule has 4 nitrogen and oxygen atoms in total. The molecule has 0 aromatic heterocycles. The van der Waals surface area contributed by atoms with Gasteiger partial charge in [-0.15, -0.1) is 0 Å². The van der Waals surface area contributed by atoms with Gasteiger partial charge in [0.05, 0.1) is 0 Å². The zero-order valence-corrected chi connectivity index (χ0v) is 8.33. The second-order valence-electron chi connectivity index (χ2n) is 2.94. The summed E-state index contributed by atoms with van der Waals surface area (Å²) in [6, 6.07) is 5.57. The van der Waals surface area contributed by atoms with E-state index in [2.05, 4.69) is 10.5 Å². The van der Waals surface area contributed by atoms with Crippen LogP contribution in [0.25, 0.3) is 0 Å². The summed E-state index contributed by atoms with van der Waals surface area (Å²) < 4.78 is 0. The zero-order chi connectivity index (χ0) is 10.6. The first-order valence-corrected chi connectivity index (χ1v) is 4.30. The van der Waals surface area contributed by atoms with Gasteiger partial charge in [0.2, 0.25) is 0 Å². The van der Waals surface area contributed by atoms with Crippen LogP contribution >= 0.6 is 0 Å². The van der Waals surface area contributed by atoms with Crippen molar-refractivity contribution in [3.8, 4) is 0 Å². The van der Waals surface area contributed by atoms with Crippen LogP contribution < -0.4 is 11.2 Å². The van der Waals surface area contributed by atoms with Crippen LogP contribution in [-0.2, 0) is 0 Å². The summed E-state index contributed by atoms with van der Waals surface area (Å²) in [4.78, 5) is 0. The topological polar surface area (TPSA) is 74.3 Å². The molecular weight excluding hydrogens is 176 g/mol. The molecule has 0 radical (unpaired) electrons. The monoisotopic (exact) mass is 190 g/mol. The second kappa shape index (κ2) is 4.41. The molecule has 1 rings (SSSR count). The predicted octanol–water partition coefficient (Wildman–Crippen LogP) is 1.15. The molecule has 0 saturated carbocycles. The third kappa shape index (κ3) is 2.10. The minimum atomic E-state index is 0.581. The molecular formula is C10H14N4. The Bertz CT molecular complexity index is 368. The lowest BCUT2D eigenvalue weighted by atomic mass is 10.0. The number of anilines is 1. The maximum atomic E-state index is 7.23. The van der Waals surface area contributed by atoms with E-state index in [0.29, 0.717) is 11.4 Å². The van der Waals surface area contributed by atoms with E-state index in [1.807, 2.05) is 25.1 Å². The first-order valence-electron chi connectivity index (χ1n) is 4.30. The normalized spacial score (nSPS) is 11.1. The van der Waals surface area contributed by atoms with Gasteiger partial charge in [0.15, 0.2) is 0 Å². The summed E-state index contributed by atoms with van der Waals surface area (Å²) in [6.45, 7) is 1.96. The highest BCUT2D eigenvalue weighted by Gasteiger charge is 2.04. The van der Waals surface area contributed by atoms with Crippen LogP contribution in [0.4, 0.5) is 5.69 Å². The van der Waals surface area contributed by atoms with Gasteiger partial charge in [-0.3, -0.25) is 0 Å². The minimum absolute atomic E-state index is 0.581. The molecule has 0 spiro atoms. The van der Waals surface area contributed by atoms with Crippen molar-refractivity contribution in [3.63, 3.8) is 0 Å². The van der Waals surface area contributed by atoms with E-state index in [-0.39, 0.29) is 0 Å². The lowest BCUT2D eigenvalue weighted by Crippen LogP contribution is -2.10. The van der Waals surface area contributed by atoms with Gasteiger partial charge in [0.1, 0.15) is 5.71 Å². The summed E-state index contributed by atoms with van der Waals surface area (Å²) >= 11 is 0. The van der Waals surface area contributed by atoms with Crippen LogP contribution in [0, 0.1) is 12.3 Å². The Morgan fingerprint density at radius 3 is 2.86 bits per heavy atom. The summed E-state index contributed by atoms with van der Waals surface area (Å²) in [5.74, 6) is 0. The number of nitrogens with zero attached hydrogens (tertiary/aromatic N) is 1. The molecule has 4 N–H and O–H groups in total. The maximum Gasteiger partial charge on any atom is 0.108 e. The molecule has 4 heteroatoms. The third-order valence-corrected chi connectivity index (χ3v) is 1.91. The Morgan fingerprint density at radius 2 is 2.29 bits per heavy atom. The number of hydrazone groups is 1. The molecule has 0 unspecified atom stereocenters. The Balaban J connectivity index is 3.22. The fourth-order valence-electron chi connectivity index (χ4n) is 1.21. The SMILES string of the molecule is CN/N=C(\C=N)c1cc(N)ccc1C. The van der Waals surface area contributed by atoms with Gasteiger partial charge in [0, 0.05) is 24.5 Å². The van der Waals surface area contributed by atoms with Crippen LogP contribution in [0.3, 0.4) is 0 Å². The van der Waals surface area contributed by atoms with Crippen molar-refractivity contribution in [1.82, 2.24) is 5.43 Å². The Kier molecular flexibility index (Phi) is 3.23. The van der Waals surface area contributed by atoms with Crippen LogP contribution in [0.2, 0.25) is 0 Å². The molecule has 14 heavy (non-hydrogen) atoms. The van der Waals surface area contributed by atoms with E-state index in [9.17, 15) is 0 Å². The smallest absolute Gasteiger partial charge is 0.108 e. The molecule has 0 aliphatic heterocycles. The largest absolute Gasteiger partial charge is 0.399 e. The lowest BCUT2D eigenvalue weighted by molar-refractivity contribution is 0.904. The van der Waals surface area contributed by atoms with Crippen molar-refractivity contribution >= 4 is 17.6 Å². The van der Waals surface area contributed by atoms with Crippen molar-refractivity contribution in [1.29, 1.82) is 5.41 Å². The van der Waals surface area contributed by atoms with Crippen molar-refractivity contribution in [3.05, 3.63) is 29.3 Å². The average Bonchev–Trinajstić information content (AvgIpc) is 2.18. The molecule has 0 aliphatic rings. The van der Waals surface area contributed by atoms with Crippen molar-refractivity contribution < 1.29 is 0 Å². The fourth-order valence-corrected chi connectivity index (χ4v) is 1.21. The second-order valence-corrected chi connectivity index (χ2v) is 2.94. The molecule has 0 saturated heterocycles. The van der Waals surface area contributed by atoms with Gasteiger partial charge in [0.25, 0.3) is 0 Å². The Hall–Kier alpha value is -1.84. The quantitative estimate of drug-likeness (QED) is 0.380. The minimum Gasteiger partial charge on any atom is -0.399 e. The summed E-state index contributed by atoms with van der Waals surface area (Å²) in [6.07, 6.45) is 1.21. The molecule has 0 heterocycles. The first-order chi connectivity index (χ1) is 6.69. The summed E-state index contributed by atoms with van der Waals surface area (Å²) in [7, 11) is 1.70. The Labute approximate surface area is 83.3 Å². The number of nitrogens with two attached hydrogens (primary N) is 1. The fraction of sp³-hybridized carbons (Fsp3) is 0.200. The van der Waals surface area contributed by atoms with Crippen molar-refractivity contribution in [2.45, 2.75) is 6.92 Å². The van der Waals surface area contributed by atoms with E-state index in [1.165, 1.54) is 6.21 Å². The highest BCUT2D eigenvalue weighted by molar-refractivity contribution is 6.37. The van der Waals surface area contributed by atoms with Crippen molar-refractivity contribution in [2.75, 3.05) is 12.8 Å². The van der Waals surface area contributed by atoms with E-state index < -0.39 is 0 Å². The number of benzene rings is 1. The number of hydrogen-bond donors (Lipinski definition) is 3. The summed E-state index contributed by atoms with van der Waals surface area (Å²) in [5, 5.41) is 11.2. The van der Waals surface area contributed by atoms with Crippen molar-refractivity contribution in [2.24, 2.45) is 5.10 Å². The standard InChI is InChI=1S/C10H14N4/c1-7-3-4-8(12)5-9(7)10(6-11)14-13-2/h3-6,11,13H,12H2,1-2H3/b11-6?,14-10+. The van der Waals surface area contributed by atoms with Crippen LogP contribution in [-0.4, -0.2) is 19.0 Å². The van der Waals surface area contributed by atoms with Gasteiger partial charge >= 0.3 is 0 Å². The summed E-state index contributed by atoms with van der Waals surface area (Å²) in [5.41, 5.74) is 11.5. The molecule has 0 aliphatic carbocycles. The Morgan fingerprint density at radius 1 is 1.57 bits per heavy atom. The average molecular weight is 190 g/mol. The molecule has 0 amide bonds. The lowest BCUT2D eigenvalue weighted by Gasteiger charge is -2.05. The molecule has 1 aromatic carbocycles. The number of nitrogens with one attached hydrogen (secondary N) is 2. The highest BCUT2D eigenvalue weighted by atomic mass is 15.3. The number of hydrogen-bond acceptors (Lipinski definition) is 4. The van der Waals surface area contributed by atoms with Gasteiger partial charge in [-0.1, -0.05) is 6.07 Å². The van der Waals surface area contributed by atoms with E-state index in [1.54, 1.807) is 7.05 Å². The van der Waals surface area contributed by atoms with E-state index in [4.69, 9.17) is 11.1 Å². The number of rotatable bonds is 3. The molecule has 0 atom stereocenters. The van der Waals surface area contributed by atoms with Gasteiger partial charge in [-0.2, -0.15) is 5.10 Å². The predicted molar refractivity (Wildman–Crippen MR) is 60.0 cm³/mol. The maximum absolute atomic E-state index is 7.23. The highest BCUT2D eigenvalue weighted by Crippen LogP contribution is 2.12. The third-order valence-electron chi connectivity index (χ3n) is 1.91. The molecule has 0 fully saturated rings. The van der Waals surface area contributed by atoms with Crippen LogP contribution in [0.1, 0.15) is 11.1 Å². The first kappa shape index (κ1) is 10.2. The molecule has 0 bridgehead atoms. The van der Waals surface area contributed by atoms with E-state index >= 15 is 0 Å². The van der Waals surface area contributed by atoms with Gasteiger partial charge < -0.3 is 16.6 Å². The molecule has 1 aromatic rings. The van der Waals surface area contributed by atoms with Crippen LogP contribution in [0.5, 0.6) is 0 Å². The zero-order valence-electron chi connectivity index (χ0n) is 8.33. The van der Waals surface area contributed by atoms with E-state index in [0.717, 1.165) is 11.1 Å². The molecule has 74 valence electrons. The van der Waals surface area contributed by atoms with Crippen LogP contribution in [0.15, 0.2) is 23.3 Å². The number of aryl methyl sites for hydroxylation is 1. The number of nitrogen functional groups attached to an aromatic ring is 1. The van der Waals surface area contributed by atoms with Gasteiger partial charge in [-0.25, -0.2) is 0 Å².